The van der Waals surface area contributed by atoms with E-state index in [1.54, 1.807) is 0 Å². The molecule has 0 N–H and O–H groups in total. The first-order valence-electron chi connectivity index (χ1n) is 8.99. The first kappa shape index (κ1) is 16.4. The zero-order valence-corrected chi connectivity index (χ0v) is 15.2. The second kappa shape index (κ2) is 7.02. The Balaban J connectivity index is 1.77. The van der Waals surface area contributed by atoms with E-state index < -0.39 is 7.14 Å². The van der Waals surface area contributed by atoms with Gasteiger partial charge in [0.05, 0.1) is 0 Å². The quantitative estimate of drug-likeness (QED) is 0.473. The van der Waals surface area contributed by atoms with Crippen molar-refractivity contribution in [1.82, 2.24) is 0 Å². The molecule has 1 aliphatic heterocycles. The zero-order valence-electron chi connectivity index (χ0n) is 14.3. The largest absolute Gasteiger partial charge is 0.322 e. The summed E-state index contributed by atoms with van der Waals surface area (Å²) in [5.74, 6) is 0. The van der Waals surface area contributed by atoms with E-state index in [0.717, 1.165) is 12.8 Å². The molecule has 4 rings (SSSR count). The summed E-state index contributed by atoms with van der Waals surface area (Å²) in [6.07, 6.45) is 2.70. The Morgan fingerprint density at radius 2 is 1.04 bits per heavy atom. The first-order valence-corrected chi connectivity index (χ1v) is 11.0. The van der Waals surface area contributed by atoms with Crippen molar-refractivity contribution in [3.8, 4) is 0 Å². The van der Waals surface area contributed by atoms with E-state index in [1.807, 2.05) is 30.3 Å². The average Bonchev–Trinajstić information content (AvgIpc) is 3.00. The van der Waals surface area contributed by atoms with Gasteiger partial charge >= 0.3 is 0 Å². The number of hydrogen-bond acceptors (Lipinski definition) is 1. The highest BCUT2D eigenvalue weighted by molar-refractivity contribution is 7.64. The summed E-state index contributed by atoms with van der Waals surface area (Å²) >= 11 is 0. The minimum absolute atomic E-state index is 0.166. The third-order valence-corrected chi connectivity index (χ3v) is 9.49. The molecule has 0 spiro atoms. The van der Waals surface area contributed by atoms with E-state index in [2.05, 4.69) is 60.7 Å². The lowest BCUT2D eigenvalue weighted by molar-refractivity contribution is 0.565. The zero-order chi connectivity index (χ0) is 17.1. The minimum Gasteiger partial charge on any atom is -0.322 e. The molecule has 1 saturated heterocycles. The summed E-state index contributed by atoms with van der Waals surface area (Å²) in [5.41, 5.74) is 3.99. The molecule has 1 aliphatic rings. The van der Waals surface area contributed by atoms with Gasteiger partial charge in [-0.15, -0.1) is 0 Å². The molecule has 0 amide bonds. The average molecular weight is 346 g/mol. The van der Waals surface area contributed by atoms with Gasteiger partial charge in [-0.25, -0.2) is 0 Å². The van der Waals surface area contributed by atoms with E-state index >= 15 is 0 Å². The van der Waals surface area contributed by atoms with Crippen LogP contribution in [-0.2, 0) is 10.7 Å². The van der Waals surface area contributed by atoms with E-state index in [4.69, 9.17) is 0 Å². The minimum atomic E-state index is -2.46. The second-order valence-corrected chi connectivity index (χ2v) is 10.2. The van der Waals surface area contributed by atoms with Crippen molar-refractivity contribution in [2.75, 3.05) is 0 Å². The smallest absolute Gasteiger partial charge is 0.106 e. The van der Waals surface area contributed by atoms with Gasteiger partial charge in [0.15, 0.2) is 0 Å². The molecule has 2 atom stereocenters. The first-order chi connectivity index (χ1) is 12.3. The molecule has 1 fully saturated rings. The Morgan fingerprint density at radius 3 is 1.48 bits per heavy atom. The third kappa shape index (κ3) is 3.22. The monoisotopic (exact) mass is 346 g/mol. The van der Waals surface area contributed by atoms with Gasteiger partial charge in [-0.1, -0.05) is 91.0 Å². The van der Waals surface area contributed by atoms with Crippen LogP contribution in [0.25, 0.3) is 0 Å². The van der Waals surface area contributed by atoms with Crippen LogP contribution >= 0.6 is 7.14 Å². The summed E-state index contributed by atoms with van der Waals surface area (Å²) in [4.78, 5) is 0. The van der Waals surface area contributed by atoms with Crippen molar-refractivity contribution in [1.29, 1.82) is 0 Å². The van der Waals surface area contributed by atoms with E-state index in [-0.39, 0.29) is 11.3 Å². The maximum atomic E-state index is 14.4. The molecular formula is C23H23OP. The summed E-state index contributed by atoms with van der Waals surface area (Å²) in [6.45, 7) is 0. The number of rotatable bonds is 4. The van der Waals surface area contributed by atoms with Gasteiger partial charge in [0.25, 0.3) is 0 Å². The highest BCUT2D eigenvalue weighted by Gasteiger charge is 2.47. The molecule has 0 saturated carbocycles. The van der Waals surface area contributed by atoms with Gasteiger partial charge < -0.3 is 4.57 Å². The molecule has 1 heterocycles. The Morgan fingerprint density at radius 1 is 0.640 bits per heavy atom. The molecule has 0 bridgehead atoms. The van der Waals surface area contributed by atoms with Crippen molar-refractivity contribution in [3.63, 3.8) is 0 Å². The van der Waals surface area contributed by atoms with Gasteiger partial charge in [-0.05, 0) is 29.5 Å². The van der Waals surface area contributed by atoms with Crippen LogP contribution in [0.1, 0.15) is 40.8 Å². The Bertz CT molecular complexity index is 807. The molecule has 0 radical (unpaired) electrons. The lowest BCUT2D eigenvalue weighted by Gasteiger charge is -2.27. The predicted molar refractivity (Wildman–Crippen MR) is 105 cm³/mol. The standard InChI is InChI=1S/C23H23OP/c24-25(18-19-10-4-1-5-11-19)22(20-12-6-2-7-13-20)16-17-23(25)21-14-8-3-9-15-21/h1-15,22-23H,16-18H2/t22-,23-/m1/s1. The van der Waals surface area contributed by atoms with Gasteiger partial charge in [0, 0.05) is 17.5 Å². The Labute approximate surface area is 150 Å². The van der Waals surface area contributed by atoms with Crippen molar-refractivity contribution in [2.45, 2.75) is 30.3 Å². The number of benzene rings is 3. The molecule has 1 nitrogen and oxygen atoms in total. The molecule has 25 heavy (non-hydrogen) atoms. The highest BCUT2D eigenvalue weighted by atomic mass is 31.2. The Kier molecular flexibility index (Phi) is 4.59. The van der Waals surface area contributed by atoms with Crippen LogP contribution in [0.2, 0.25) is 0 Å². The summed E-state index contributed by atoms with van der Waals surface area (Å²) in [5, 5.41) is 0. The van der Waals surface area contributed by atoms with Gasteiger partial charge in [0.1, 0.15) is 7.14 Å². The van der Waals surface area contributed by atoms with Crippen molar-refractivity contribution in [2.24, 2.45) is 0 Å². The summed E-state index contributed by atoms with van der Waals surface area (Å²) in [6, 6.07) is 31.3. The van der Waals surface area contributed by atoms with Crippen LogP contribution in [0.4, 0.5) is 0 Å². The fourth-order valence-corrected chi connectivity index (χ4v) is 8.43. The molecule has 3 aromatic carbocycles. The molecule has 0 aliphatic carbocycles. The summed E-state index contributed by atoms with van der Waals surface area (Å²) < 4.78 is 14.4. The van der Waals surface area contributed by atoms with Crippen LogP contribution in [0, 0.1) is 0 Å². The highest BCUT2D eigenvalue weighted by Crippen LogP contribution is 2.77. The summed E-state index contributed by atoms with van der Waals surface area (Å²) in [7, 11) is -2.46. The van der Waals surface area contributed by atoms with Crippen LogP contribution in [0.5, 0.6) is 0 Å². The van der Waals surface area contributed by atoms with Gasteiger partial charge in [-0.2, -0.15) is 0 Å². The van der Waals surface area contributed by atoms with Crippen LogP contribution in [-0.4, -0.2) is 0 Å². The van der Waals surface area contributed by atoms with Crippen molar-refractivity contribution < 1.29 is 4.57 Å². The molecule has 0 aromatic heterocycles. The molecule has 0 unspecified atom stereocenters. The van der Waals surface area contributed by atoms with Crippen molar-refractivity contribution in [3.05, 3.63) is 108 Å². The van der Waals surface area contributed by atoms with Gasteiger partial charge in [-0.3, -0.25) is 0 Å². The maximum absolute atomic E-state index is 14.4. The van der Waals surface area contributed by atoms with Gasteiger partial charge in [0.2, 0.25) is 0 Å². The van der Waals surface area contributed by atoms with Crippen LogP contribution in [0.3, 0.4) is 0 Å². The Hall–Kier alpha value is -2.11. The van der Waals surface area contributed by atoms with Crippen molar-refractivity contribution >= 4 is 7.14 Å². The van der Waals surface area contributed by atoms with E-state index in [9.17, 15) is 4.57 Å². The van der Waals surface area contributed by atoms with Crippen LogP contribution in [0.15, 0.2) is 91.0 Å². The lowest BCUT2D eigenvalue weighted by Crippen LogP contribution is -2.02. The van der Waals surface area contributed by atoms with E-state index in [1.165, 1.54) is 16.7 Å². The van der Waals surface area contributed by atoms with Crippen LogP contribution < -0.4 is 0 Å². The molecule has 2 heteroatoms. The fraction of sp³-hybridized carbons (Fsp3) is 0.217. The molecule has 126 valence electrons. The fourth-order valence-electron chi connectivity index (χ4n) is 4.25. The normalized spacial score (nSPS) is 21.9. The van der Waals surface area contributed by atoms with E-state index in [0.29, 0.717) is 6.16 Å². The molecular weight excluding hydrogens is 323 g/mol. The molecule has 3 aromatic rings. The number of hydrogen-bond donors (Lipinski definition) is 0. The lowest BCUT2D eigenvalue weighted by atomic mass is 10.0. The topological polar surface area (TPSA) is 17.1 Å². The maximum Gasteiger partial charge on any atom is 0.106 e. The third-order valence-electron chi connectivity index (χ3n) is 5.41. The second-order valence-electron chi connectivity index (χ2n) is 6.93. The SMILES string of the molecule is O=P1(Cc2ccccc2)[C@@H](c2ccccc2)CC[C@@H]1c1ccccc1. The predicted octanol–water partition coefficient (Wildman–Crippen LogP) is 6.83.